The minimum atomic E-state index is -0.213. The van der Waals surface area contributed by atoms with Crippen LogP contribution in [0.5, 0.6) is 0 Å². The predicted octanol–water partition coefficient (Wildman–Crippen LogP) is 2.83. The molecule has 0 aliphatic rings. The Balaban J connectivity index is 3.30. The molecule has 0 saturated carbocycles. The predicted molar refractivity (Wildman–Crippen MR) is 60.4 cm³/mol. The van der Waals surface area contributed by atoms with Crippen LogP contribution in [-0.2, 0) is 14.3 Å². The van der Waals surface area contributed by atoms with E-state index in [1.54, 1.807) is 0 Å². The molecule has 0 N–H and O–H groups in total. The highest BCUT2D eigenvalue weighted by atomic mass is 16.5. The van der Waals surface area contributed by atoms with E-state index in [0.29, 0.717) is 19.0 Å². The van der Waals surface area contributed by atoms with E-state index in [1.807, 2.05) is 19.1 Å². The van der Waals surface area contributed by atoms with Crippen LogP contribution in [0.15, 0.2) is 24.5 Å². The smallest absolute Gasteiger partial charge is 0.302 e. The number of hydrogen-bond donors (Lipinski definition) is 0. The first-order valence-corrected chi connectivity index (χ1v) is 5.28. The summed E-state index contributed by atoms with van der Waals surface area (Å²) in [6.45, 7) is 8.23. The molecule has 86 valence electrons. The third-order valence-corrected chi connectivity index (χ3v) is 1.70. The minimum absolute atomic E-state index is 0.213. The third-order valence-electron chi connectivity index (χ3n) is 1.70. The Kier molecular flexibility index (Phi) is 8.53. The van der Waals surface area contributed by atoms with Gasteiger partial charge in [-0.15, -0.1) is 0 Å². The zero-order valence-corrected chi connectivity index (χ0v) is 9.62. The molecule has 0 atom stereocenters. The lowest BCUT2D eigenvalue weighted by Gasteiger charge is -2.01. The van der Waals surface area contributed by atoms with Gasteiger partial charge in [-0.1, -0.05) is 12.7 Å². The summed E-state index contributed by atoms with van der Waals surface area (Å²) in [5.74, 6) is 0.479. The van der Waals surface area contributed by atoms with E-state index >= 15 is 0 Å². The molecule has 0 radical (unpaired) electrons. The van der Waals surface area contributed by atoms with E-state index in [2.05, 4.69) is 6.58 Å². The topological polar surface area (TPSA) is 35.5 Å². The second kappa shape index (κ2) is 9.31. The Morgan fingerprint density at radius 1 is 1.33 bits per heavy atom. The van der Waals surface area contributed by atoms with Crippen molar-refractivity contribution in [1.29, 1.82) is 0 Å². The first-order valence-electron chi connectivity index (χ1n) is 5.28. The standard InChI is InChI=1S/C12H20O3/c1-4-14-11(2)9-7-5-6-8-10-15-12(3)13/h7,9H,2,4-6,8,10H2,1,3H3/b9-7+. The van der Waals surface area contributed by atoms with Crippen molar-refractivity contribution in [3.8, 4) is 0 Å². The molecule has 0 rings (SSSR count). The number of carbonyl (C=O) groups is 1. The van der Waals surface area contributed by atoms with Gasteiger partial charge in [-0.25, -0.2) is 0 Å². The quantitative estimate of drug-likeness (QED) is 0.268. The van der Waals surface area contributed by atoms with Gasteiger partial charge >= 0.3 is 5.97 Å². The number of carbonyl (C=O) groups excluding carboxylic acids is 1. The van der Waals surface area contributed by atoms with E-state index in [0.717, 1.165) is 19.3 Å². The molecule has 0 aromatic heterocycles. The Morgan fingerprint density at radius 2 is 2.07 bits per heavy atom. The Morgan fingerprint density at radius 3 is 2.67 bits per heavy atom. The number of esters is 1. The monoisotopic (exact) mass is 212 g/mol. The third kappa shape index (κ3) is 10.7. The lowest BCUT2D eigenvalue weighted by molar-refractivity contribution is -0.141. The van der Waals surface area contributed by atoms with E-state index < -0.39 is 0 Å². The lowest BCUT2D eigenvalue weighted by Crippen LogP contribution is -1.99. The van der Waals surface area contributed by atoms with E-state index in [4.69, 9.17) is 9.47 Å². The number of unbranched alkanes of at least 4 members (excludes halogenated alkanes) is 2. The second-order valence-corrected chi connectivity index (χ2v) is 3.14. The summed E-state index contributed by atoms with van der Waals surface area (Å²) in [7, 11) is 0. The number of allylic oxidation sites excluding steroid dienone is 2. The lowest BCUT2D eigenvalue weighted by atomic mass is 10.2. The molecule has 15 heavy (non-hydrogen) atoms. The van der Waals surface area contributed by atoms with Crippen LogP contribution in [0.2, 0.25) is 0 Å². The highest BCUT2D eigenvalue weighted by Crippen LogP contribution is 2.01. The van der Waals surface area contributed by atoms with Crippen LogP contribution in [0.4, 0.5) is 0 Å². The van der Waals surface area contributed by atoms with Crippen molar-refractivity contribution in [3.05, 3.63) is 24.5 Å². The van der Waals surface area contributed by atoms with Crippen LogP contribution >= 0.6 is 0 Å². The van der Waals surface area contributed by atoms with Crippen molar-refractivity contribution in [2.24, 2.45) is 0 Å². The van der Waals surface area contributed by atoms with Gasteiger partial charge in [0.1, 0.15) is 5.76 Å². The van der Waals surface area contributed by atoms with Gasteiger partial charge in [0.25, 0.3) is 0 Å². The summed E-state index contributed by atoms with van der Waals surface area (Å²) in [6.07, 6.45) is 6.74. The van der Waals surface area contributed by atoms with Gasteiger partial charge in [-0.05, 0) is 32.3 Å². The van der Waals surface area contributed by atoms with Crippen LogP contribution in [0.1, 0.15) is 33.1 Å². The van der Waals surface area contributed by atoms with Crippen LogP contribution in [0, 0.1) is 0 Å². The summed E-state index contributed by atoms with van der Waals surface area (Å²) in [5.41, 5.74) is 0. The number of hydrogen-bond acceptors (Lipinski definition) is 3. The molecule has 0 aromatic carbocycles. The van der Waals surface area contributed by atoms with Crippen molar-refractivity contribution in [1.82, 2.24) is 0 Å². The van der Waals surface area contributed by atoms with Crippen molar-refractivity contribution in [3.63, 3.8) is 0 Å². The maximum absolute atomic E-state index is 10.4. The van der Waals surface area contributed by atoms with Gasteiger partial charge in [0.2, 0.25) is 0 Å². The zero-order chi connectivity index (χ0) is 11.5. The van der Waals surface area contributed by atoms with Crippen molar-refractivity contribution >= 4 is 5.97 Å². The van der Waals surface area contributed by atoms with Gasteiger partial charge in [0.05, 0.1) is 13.2 Å². The molecular formula is C12H20O3. The van der Waals surface area contributed by atoms with Crippen molar-refractivity contribution in [2.75, 3.05) is 13.2 Å². The number of ether oxygens (including phenoxy) is 2. The molecule has 0 saturated heterocycles. The average molecular weight is 212 g/mol. The molecule has 0 amide bonds. The van der Waals surface area contributed by atoms with E-state index in [9.17, 15) is 4.79 Å². The van der Waals surface area contributed by atoms with Crippen LogP contribution in [0.3, 0.4) is 0 Å². The van der Waals surface area contributed by atoms with Crippen LogP contribution in [-0.4, -0.2) is 19.2 Å². The second-order valence-electron chi connectivity index (χ2n) is 3.14. The van der Waals surface area contributed by atoms with Crippen molar-refractivity contribution < 1.29 is 14.3 Å². The fraction of sp³-hybridized carbons (Fsp3) is 0.583. The van der Waals surface area contributed by atoms with Gasteiger partial charge in [0.15, 0.2) is 0 Å². The summed E-state index contributed by atoms with van der Waals surface area (Å²) < 4.78 is 9.95. The molecule has 0 aliphatic heterocycles. The van der Waals surface area contributed by atoms with Crippen molar-refractivity contribution in [2.45, 2.75) is 33.1 Å². The van der Waals surface area contributed by atoms with Gasteiger partial charge < -0.3 is 9.47 Å². The Hall–Kier alpha value is -1.25. The van der Waals surface area contributed by atoms with Gasteiger partial charge in [-0.2, -0.15) is 0 Å². The SMILES string of the molecule is C=C(/C=C/CCCCOC(C)=O)OCC. The summed E-state index contributed by atoms with van der Waals surface area (Å²) >= 11 is 0. The normalized spacial score (nSPS) is 10.3. The highest BCUT2D eigenvalue weighted by molar-refractivity contribution is 5.65. The average Bonchev–Trinajstić information content (AvgIpc) is 2.16. The first kappa shape index (κ1) is 13.8. The summed E-state index contributed by atoms with van der Waals surface area (Å²) in [6, 6.07) is 0. The molecular weight excluding hydrogens is 192 g/mol. The maximum Gasteiger partial charge on any atom is 0.302 e. The minimum Gasteiger partial charge on any atom is -0.495 e. The largest absolute Gasteiger partial charge is 0.495 e. The summed E-state index contributed by atoms with van der Waals surface area (Å²) in [5, 5.41) is 0. The van der Waals surface area contributed by atoms with E-state index in [-0.39, 0.29) is 5.97 Å². The fourth-order valence-electron chi connectivity index (χ4n) is 1.03. The van der Waals surface area contributed by atoms with Crippen LogP contribution in [0.25, 0.3) is 0 Å². The zero-order valence-electron chi connectivity index (χ0n) is 9.62. The van der Waals surface area contributed by atoms with Gasteiger partial charge in [0, 0.05) is 6.92 Å². The summed E-state index contributed by atoms with van der Waals surface area (Å²) in [4.78, 5) is 10.4. The molecule has 0 spiro atoms. The molecule has 0 aliphatic carbocycles. The van der Waals surface area contributed by atoms with Crippen LogP contribution < -0.4 is 0 Å². The molecule has 0 bridgehead atoms. The van der Waals surface area contributed by atoms with Gasteiger partial charge in [-0.3, -0.25) is 4.79 Å². The Labute approximate surface area is 91.8 Å². The maximum atomic E-state index is 10.4. The fourth-order valence-corrected chi connectivity index (χ4v) is 1.03. The highest BCUT2D eigenvalue weighted by Gasteiger charge is 1.91. The molecule has 0 unspecified atom stereocenters. The molecule has 0 heterocycles. The molecule has 3 heteroatoms. The number of rotatable bonds is 8. The first-order chi connectivity index (χ1) is 7.16. The molecule has 0 aromatic rings. The molecule has 3 nitrogen and oxygen atoms in total. The van der Waals surface area contributed by atoms with E-state index in [1.165, 1.54) is 6.92 Å². The Bertz CT molecular complexity index is 219. The molecule has 0 fully saturated rings.